The first-order valence-corrected chi connectivity index (χ1v) is 18.4. The van der Waals surface area contributed by atoms with Gasteiger partial charge in [0.05, 0.1) is 18.6 Å². The Bertz CT molecular complexity index is 1440. The van der Waals surface area contributed by atoms with Crippen LogP contribution in [0.5, 0.6) is 0 Å². The summed E-state index contributed by atoms with van der Waals surface area (Å²) in [5.41, 5.74) is 19.3. The maximum atomic E-state index is 14.1. The zero-order valence-corrected chi connectivity index (χ0v) is 30.2. The standard InChI is InChI=1S/C39H57N7O5/c1-26(2)19-29(22-35(47)34(21-28-13-7-4-8-14-28)44-38(50)32(41)20-27-11-5-3-6-12-27)37(49)43-33(15-9-10-18-40)39(51)45-23-30-16-17-31(24-45)46(30)25-36(42)48/h3-8,11-14,26,29-34H,9-10,15-25,40-41H2,1-2H3,(H2,42,48)(H,43,49)(H,44,50). The number of benzene rings is 2. The molecule has 4 rings (SSSR count). The number of nitrogens with one attached hydrogen (secondary N) is 2. The Hall–Kier alpha value is -4.13. The molecule has 2 aliphatic rings. The molecule has 12 heteroatoms. The van der Waals surface area contributed by atoms with Gasteiger partial charge < -0.3 is 32.7 Å². The van der Waals surface area contributed by atoms with Gasteiger partial charge in [-0.1, -0.05) is 74.5 Å². The van der Waals surface area contributed by atoms with E-state index in [1.54, 1.807) is 4.90 Å². The summed E-state index contributed by atoms with van der Waals surface area (Å²) in [5.74, 6) is -2.22. The van der Waals surface area contributed by atoms with E-state index in [9.17, 15) is 24.0 Å². The third-order valence-corrected chi connectivity index (χ3v) is 10.0. The summed E-state index contributed by atoms with van der Waals surface area (Å²) in [6.07, 6.45) is 4.44. The zero-order valence-electron chi connectivity index (χ0n) is 30.2. The molecule has 51 heavy (non-hydrogen) atoms. The van der Waals surface area contributed by atoms with Crippen molar-refractivity contribution in [2.24, 2.45) is 29.0 Å². The van der Waals surface area contributed by atoms with E-state index in [-0.39, 0.29) is 60.9 Å². The van der Waals surface area contributed by atoms with Gasteiger partial charge in [-0.15, -0.1) is 0 Å². The second-order valence-electron chi connectivity index (χ2n) is 14.7. The summed E-state index contributed by atoms with van der Waals surface area (Å²) >= 11 is 0. The van der Waals surface area contributed by atoms with Gasteiger partial charge in [-0.05, 0) is 75.0 Å². The Labute approximate surface area is 302 Å². The summed E-state index contributed by atoms with van der Waals surface area (Å²) in [7, 11) is 0. The molecular weight excluding hydrogens is 646 g/mol. The second kappa shape index (κ2) is 19.5. The van der Waals surface area contributed by atoms with E-state index in [0.717, 1.165) is 24.0 Å². The van der Waals surface area contributed by atoms with E-state index in [0.29, 0.717) is 51.7 Å². The third-order valence-electron chi connectivity index (χ3n) is 10.0. The molecule has 0 radical (unpaired) electrons. The van der Waals surface area contributed by atoms with Crippen molar-refractivity contribution in [2.75, 3.05) is 26.2 Å². The molecule has 2 aromatic carbocycles. The molecule has 6 atom stereocenters. The van der Waals surface area contributed by atoms with E-state index in [4.69, 9.17) is 17.2 Å². The van der Waals surface area contributed by atoms with Crippen molar-refractivity contribution in [1.82, 2.24) is 20.4 Å². The molecule has 0 saturated carbocycles. The lowest BCUT2D eigenvalue weighted by atomic mass is 9.88. The highest BCUT2D eigenvalue weighted by Gasteiger charge is 2.43. The minimum absolute atomic E-state index is 0.0458. The average Bonchev–Trinajstić information content (AvgIpc) is 3.31. The van der Waals surface area contributed by atoms with Gasteiger partial charge in [-0.25, -0.2) is 0 Å². The van der Waals surface area contributed by atoms with E-state index in [1.807, 2.05) is 74.5 Å². The van der Waals surface area contributed by atoms with Crippen LogP contribution in [0.3, 0.4) is 0 Å². The number of fused-ring (bicyclic) bond motifs is 2. The fraction of sp³-hybridized carbons (Fsp3) is 0.564. The van der Waals surface area contributed by atoms with Crippen molar-refractivity contribution in [3.63, 3.8) is 0 Å². The van der Waals surface area contributed by atoms with E-state index >= 15 is 0 Å². The predicted molar refractivity (Wildman–Crippen MR) is 197 cm³/mol. The highest BCUT2D eigenvalue weighted by molar-refractivity contribution is 5.95. The van der Waals surface area contributed by atoms with Crippen molar-refractivity contribution >= 4 is 29.4 Å². The summed E-state index contributed by atoms with van der Waals surface area (Å²) in [6.45, 7) is 5.55. The maximum Gasteiger partial charge on any atom is 0.245 e. The van der Waals surface area contributed by atoms with Gasteiger partial charge >= 0.3 is 0 Å². The first-order chi connectivity index (χ1) is 24.4. The minimum Gasteiger partial charge on any atom is -0.369 e. The van der Waals surface area contributed by atoms with Crippen molar-refractivity contribution < 1.29 is 24.0 Å². The average molecular weight is 704 g/mol. The van der Waals surface area contributed by atoms with Crippen LogP contribution >= 0.6 is 0 Å². The van der Waals surface area contributed by atoms with Crippen molar-refractivity contribution in [3.05, 3.63) is 71.8 Å². The number of ketones is 1. The van der Waals surface area contributed by atoms with Gasteiger partial charge in [0.2, 0.25) is 23.6 Å². The van der Waals surface area contributed by atoms with Gasteiger partial charge in [0, 0.05) is 37.5 Å². The molecule has 2 fully saturated rings. The molecule has 2 saturated heterocycles. The highest BCUT2D eigenvalue weighted by atomic mass is 16.2. The summed E-state index contributed by atoms with van der Waals surface area (Å²) in [6, 6.07) is 16.5. The summed E-state index contributed by atoms with van der Waals surface area (Å²) in [4.78, 5) is 71.0. The van der Waals surface area contributed by atoms with Crippen LogP contribution in [0.15, 0.2) is 60.7 Å². The molecule has 12 nitrogen and oxygen atoms in total. The predicted octanol–water partition coefficient (Wildman–Crippen LogP) is 1.68. The molecule has 8 N–H and O–H groups in total. The fourth-order valence-electron chi connectivity index (χ4n) is 7.44. The zero-order chi connectivity index (χ0) is 36.9. The number of likely N-dealkylation sites (tertiary alicyclic amines) is 1. The monoisotopic (exact) mass is 703 g/mol. The number of primary amides is 1. The SMILES string of the molecule is CC(C)CC(CC(=O)C(Cc1ccccc1)NC(=O)C(N)Cc1ccccc1)C(=O)NC(CCCCN)C(=O)N1CC2CCC(C1)N2CC(N)=O. The normalized spacial score (nSPS) is 19.6. The van der Waals surface area contributed by atoms with Gasteiger partial charge in [0.15, 0.2) is 5.78 Å². The second-order valence-corrected chi connectivity index (χ2v) is 14.7. The van der Waals surface area contributed by atoms with Gasteiger partial charge in [-0.2, -0.15) is 0 Å². The number of carbonyl (C=O) groups is 5. The van der Waals surface area contributed by atoms with Crippen LogP contribution in [-0.2, 0) is 36.8 Å². The molecule has 2 heterocycles. The molecule has 2 aromatic rings. The molecule has 0 aromatic heterocycles. The molecule has 2 aliphatic heterocycles. The number of nitrogens with zero attached hydrogens (tertiary/aromatic N) is 2. The lowest BCUT2D eigenvalue weighted by Crippen LogP contribution is -2.60. The molecule has 278 valence electrons. The smallest absolute Gasteiger partial charge is 0.245 e. The van der Waals surface area contributed by atoms with Gasteiger partial charge in [0.25, 0.3) is 0 Å². The Morgan fingerprint density at radius 1 is 0.804 bits per heavy atom. The van der Waals surface area contributed by atoms with Crippen molar-refractivity contribution in [3.8, 4) is 0 Å². The van der Waals surface area contributed by atoms with Gasteiger partial charge in [0.1, 0.15) is 6.04 Å². The van der Waals surface area contributed by atoms with Crippen molar-refractivity contribution in [2.45, 2.75) is 102 Å². The number of amides is 4. The molecule has 4 amide bonds. The van der Waals surface area contributed by atoms with Crippen LogP contribution in [0.25, 0.3) is 0 Å². The molecule has 2 bridgehead atoms. The number of rotatable bonds is 20. The summed E-state index contributed by atoms with van der Waals surface area (Å²) in [5, 5.41) is 5.93. The van der Waals surface area contributed by atoms with Crippen molar-refractivity contribution in [1.29, 1.82) is 0 Å². The lowest BCUT2D eigenvalue weighted by molar-refractivity contribution is -0.141. The lowest BCUT2D eigenvalue weighted by Gasteiger charge is -2.41. The number of carbonyl (C=O) groups excluding carboxylic acids is 5. The number of piperazine rings is 1. The number of Topliss-reactive ketones (excluding diaryl/α,β-unsaturated/α-hetero) is 1. The Morgan fingerprint density at radius 2 is 1.37 bits per heavy atom. The Kier molecular flexibility index (Phi) is 15.1. The molecule has 0 aliphatic carbocycles. The van der Waals surface area contributed by atoms with Crippen LogP contribution in [0.4, 0.5) is 0 Å². The van der Waals surface area contributed by atoms with E-state index < -0.39 is 30.0 Å². The number of unbranched alkanes of at least 4 members (excludes halogenated alkanes) is 1. The van der Waals surface area contributed by atoms with Crippen LogP contribution in [-0.4, -0.2) is 95.6 Å². The highest BCUT2D eigenvalue weighted by Crippen LogP contribution is 2.30. The third kappa shape index (κ3) is 12.0. The van der Waals surface area contributed by atoms with Crippen LogP contribution in [0.2, 0.25) is 0 Å². The minimum atomic E-state index is -0.890. The quantitative estimate of drug-likeness (QED) is 0.129. The number of nitrogens with two attached hydrogens (primary N) is 3. The van der Waals surface area contributed by atoms with Crippen LogP contribution < -0.4 is 27.8 Å². The largest absolute Gasteiger partial charge is 0.369 e. The first kappa shape index (κ1) is 39.7. The fourth-order valence-corrected chi connectivity index (χ4v) is 7.44. The van der Waals surface area contributed by atoms with Crippen LogP contribution in [0.1, 0.15) is 69.9 Å². The first-order valence-electron chi connectivity index (χ1n) is 18.4. The Balaban J connectivity index is 1.48. The maximum absolute atomic E-state index is 14.1. The molecular formula is C39H57N7O5. The molecule has 0 spiro atoms. The Morgan fingerprint density at radius 3 is 1.92 bits per heavy atom. The molecule has 6 unspecified atom stereocenters. The topological polar surface area (TPSA) is 194 Å². The van der Waals surface area contributed by atoms with E-state index in [2.05, 4.69) is 15.5 Å². The summed E-state index contributed by atoms with van der Waals surface area (Å²) < 4.78 is 0. The number of hydrogen-bond donors (Lipinski definition) is 5. The van der Waals surface area contributed by atoms with Gasteiger partial charge in [-0.3, -0.25) is 28.9 Å². The number of hydrogen-bond acceptors (Lipinski definition) is 8. The van der Waals surface area contributed by atoms with Crippen LogP contribution in [0, 0.1) is 11.8 Å². The van der Waals surface area contributed by atoms with E-state index in [1.165, 1.54) is 0 Å².